The third-order valence-electron chi connectivity index (χ3n) is 2.30. The van der Waals surface area contributed by atoms with Crippen LogP contribution in [0.25, 0.3) is 0 Å². The second-order valence-corrected chi connectivity index (χ2v) is 3.45. The highest BCUT2D eigenvalue weighted by Gasteiger charge is 2.17. The number of nitrogens with zero attached hydrogens (tertiary/aromatic N) is 1. The molecule has 1 aromatic carbocycles. The van der Waals surface area contributed by atoms with Crippen molar-refractivity contribution >= 4 is 12.3 Å². The van der Waals surface area contributed by atoms with E-state index in [1.165, 1.54) is 0 Å². The summed E-state index contributed by atoms with van der Waals surface area (Å²) in [5.74, 6) is -1.66. The fourth-order valence-corrected chi connectivity index (χ4v) is 1.39. The van der Waals surface area contributed by atoms with Crippen LogP contribution in [0, 0.1) is 17.2 Å². The van der Waals surface area contributed by atoms with Crippen LogP contribution in [0.4, 0.5) is 0 Å². The number of aliphatic carboxylic acids is 1. The smallest absolute Gasteiger partial charge is 0.307 e. The summed E-state index contributed by atoms with van der Waals surface area (Å²) >= 11 is 0. The molecule has 0 radical (unpaired) electrons. The largest absolute Gasteiger partial charge is 0.481 e. The van der Waals surface area contributed by atoms with Gasteiger partial charge in [0.1, 0.15) is 6.29 Å². The number of rotatable bonds is 5. The van der Waals surface area contributed by atoms with Crippen molar-refractivity contribution in [1.82, 2.24) is 0 Å². The van der Waals surface area contributed by atoms with E-state index in [0.29, 0.717) is 18.3 Å². The van der Waals surface area contributed by atoms with Gasteiger partial charge in [0.2, 0.25) is 0 Å². The lowest BCUT2D eigenvalue weighted by Crippen LogP contribution is -2.16. The molecule has 1 unspecified atom stereocenters. The summed E-state index contributed by atoms with van der Waals surface area (Å²) in [4.78, 5) is 21.1. The molecule has 0 saturated carbocycles. The molecule has 4 nitrogen and oxygen atoms in total. The Labute approximate surface area is 93.1 Å². The molecule has 1 N–H and O–H groups in total. The van der Waals surface area contributed by atoms with E-state index < -0.39 is 11.9 Å². The van der Waals surface area contributed by atoms with Crippen molar-refractivity contribution in [2.24, 2.45) is 5.92 Å². The first-order valence-corrected chi connectivity index (χ1v) is 4.83. The lowest BCUT2D eigenvalue weighted by atomic mass is 9.96. The van der Waals surface area contributed by atoms with Gasteiger partial charge in [-0.05, 0) is 24.1 Å². The van der Waals surface area contributed by atoms with E-state index in [0.717, 1.165) is 5.56 Å². The maximum Gasteiger partial charge on any atom is 0.307 e. The Morgan fingerprint density at radius 1 is 1.44 bits per heavy atom. The highest BCUT2D eigenvalue weighted by Crippen LogP contribution is 2.12. The van der Waals surface area contributed by atoms with Crippen molar-refractivity contribution in [3.05, 3.63) is 35.4 Å². The monoisotopic (exact) mass is 217 g/mol. The van der Waals surface area contributed by atoms with E-state index in [4.69, 9.17) is 10.4 Å². The molecule has 82 valence electrons. The normalized spacial score (nSPS) is 11.4. The van der Waals surface area contributed by atoms with E-state index in [2.05, 4.69) is 0 Å². The van der Waals surface area contributed by atoms with E-state index in [1.54, 1.807) is 24.3 Å². The van der Waals surface area contributed by atoms with Gasteiger partial charge in [-0.15, -0.1) is 0 Å². The molecule has 0 spiro atoms. The molecular formula is C12H11NO3. The van der Waals surface area contributed by atoms with Crippen LogP contribution in [0.3, 0.4) is 0 Å². The van der Waals surface area contributed by atoms with E-state index in [1.807, 2.05) is 6.07 Å². The standard InChI is InChI=1S/C12H11NO3/c13-8-10-3-1-9(2-4-10)7-11(5-6-14)12(15)16/h1-4,6,11H,5,7H2,(H,15,16). The highest BCUT2D eigenvalue weighted by atomic mass is 16.4. The van der Waals surface area contributed by atoms with Crippen molar-refractivity contribution in [1.29, 1.82) is 5.26 Å². The second-order valence-electron chi connectivity index (χ2n) is 3.45. The molecule has 0 heterocycles. The number of hydrogen-bond acceptors (Lipinski definition) is 3. The van der Waals surface area contributed by atoms with Crippen molar-refractivity contribution in [3.63, 3.8) is 0 Å². The minimum absolute atomic E-state index is 0.00926. The summed E-state index contributed by atoms with van der Waals surface area (Å²) in [6.45, 7) is 0. The summed E-state index contributed by atoms with van der Waals surface area (Å²) in [5.41, 5.74) is 1.35. The summed E-state index contributed by atoms with van der Waals surface area (Å²) in [6, 6.07) is 8.67. The number of aldehydes is 1. The van der Waals surface area contributed by atoms with Crippen LogP contribution in [0.15, 0.2) is 24.3 Å². The average molecular weight is 217 g/mol. The van der Waals surface area contributed by atoms with Crippen molar-refractivity contribution < 1.29 is 14.7 Å². The first kappa shape index (κ1) is 11.9. The first-order chi connectivity index (χ1) is 7.67. The molecule has 0 amide bonds. The molecule has 16 heavy (non-hydrogen) atoms. The predicted molar refractivity (Wildman–Crippen MR) is 56.7 cm³/mol. The topological polar surface area (TPSA) is 78.2 Å². The van der Waals surface area contributed by atoms with Crippen LogP contribution in [-0.4, -0.2) is 17.4 Å². The Bertz CT molecular complexity index is 417. The number of carboxylic acids is 1. The predicted octanol–water partition coefficient (Wildman–Crippen LogP) is 1.39. The molecule has 1 rings (SSSR count). The highest BCUT2D eigenvalue weighted by molar-refractivity contribution is 5.73. The van der Waals surface area contributed by atoms with Crippen LogP contribution < -0.4 is 0 Å². The molecule has 0 fully saturated rings. The maximum atomic E-state index is 10.8. The average Bonchev–Trinajstić information content (AvgIpc) is 2.29. The molecule has 0 bridgehead atoms. The summed E-state index contributed by atoms with van der Waals surface area (Å²) < 4.78 is 0. The number of benzene rings is 1. The summed E-state index contributed by atoms with van der Waals surface area (Å²) in [7, 11) is 0. The Morgan fingerprint density at radius 3 is 2.50 bits per heavy atom. The molecule has 0 aromatic heterocycles. The van der Waals surface area contributed by atoms with Crippen LogP contribution in [0.5, 0.6) is 0 Å². The van der Waals surface area contributed by atoms with Crippen LogP contribution in [-0.2, 0) is 16.0 Å². The van der Waals surface area contributed by atoms with Crippen LogP contribution in [0.1, 0.15) is 17.5 Å². The Morgan fingerprint density at radius 2 is 2.06 bits per heavy atom. The Kier molecular flexibility index (Phi) is 4.22. The van der Waals surface area contributed by atoms with Gasteiger partial charge in [0.05, 0.1) is 17.6 Å². The van der Waals surface area contributed by atoms with Gasteiger partial charge in [0, 0.05) is 6.42 Å². The van der Waals surface area contributed by atoms with Gasteiger partial charge in [-0.2, -0.15) is 5.26 Å². The van der Waals surface area contributed by atoms with Crippen LogP contribution in [0.2, 0.25) is 0 Å². The zero-order chi connectivity index (χ0) is 12.0. The zero-order valence-electron chi connectivity index (χ0n) is 8.59. The molecule has 0 saturated heterocycles. The lowest BCUT2D eigenvalue weighted by molar-refractivity contribution is -0.142. The van der Waals surface area contributed by atoms with Gasteiger partial charge in [0.15, 0.2) is 0 Å². The minimum Gasteiger partial charge on any atom is -0.481 e. The van der Waals surface area contributed by atoms with Gasteiger partial charge in [-0.25, -0.2) is 0 Å². The van der Waals surface area contributed by atoms with Gasteiger partial charge in [-0.3, -0.25) is 4.79 Å². The Balaban J connectivity index is 2.74. The number of carbonyl (C=O) groups is 2. The number of nitriles is 1. The molecule has 1 atom stereocenters. The number of carboxylic acid groups (broad SMARTS) is 1. The molecule has 0 aliphatic rings. The summed E-state index contributed by atoms with van der Waals surface area (Å²) in [6.07, 6.45) is 0.928. The molecule has 0 aliphatic carbocycles. The summed E-state index contributed by atoms with van der Waals surface area (Å²) in [5, 5.41) is 17.4. The second kappa shape index (κ2) is 5.66. The van der Waals surface area contributed by atoms with E-state index in [9.17, 15) is 9.59 Å². The quantitative estimate of drug-likeness (QED) is 0.756. The first-order valence-electron chi connectivity index (χ1n) is 4.83. The van der Waals surface area contributed by atoms with E-state index >= 15 is 0 Å². The van der Waals surface area contributed by atoms with Gasteiger partial charge in [0.25, 0.3) is 0 Å². The fraction of sp³-hybridized carbons (Fsp3) is 0.250. The lowest BCUT2D eigenvalue weighted by Gasteiger charge is -2.08. The molecule has 0 aliphatic heterocycles. The molecule has 4 heteroatoms. The van der Waals surface area contributed by atoms with Gasteiger partial charge < -0.3 is 9.90 Å². The van der Waals surface area contributed by atoms with E-state index in [-0.39, 0.29) is 6.42 Å². The third-order valence-corrected chi connectivity index (χ3v) is 2.30. The molecular weight excluding hydrogens is 206 g/mol. The fourth-order valence-electron chi connectivity index (χ4n) is 1.39. The zero-order valence-corrected chi connectivity index (χ0v) is 8.59. The Hall–Kier alpha value is -2.15. The third kappa shape index (κ3) is 3.21. The van der Waals surface area contributed by atoms with Gasteiger partial charge >= 0.3 is 5.97 Å². The maximum absolute atomic E-state index is 10.8. The van der Waals surface area contributed by atoms with Crippen molar-refractivity contribution in [3.8, 4) is 6.07 Å². The van der Waals surface area contributed by atoms with Crippen molar-refractivity contribution in [2.75, 3.05) is 0 Å². The number of hydrogen-bond donors (Lipinski definition) is 1. The van der Waals surface area contributed by atoms with Crippen LogP contribution >= 0.6 is 0 Å². The van der Waals surface area contributed by atoms with Gasteiger partial charge in [-0.1, -0.05) is 12.1 Å². The SMILES string of the molecule is N#Cc1ccc(CC(CC=O)C(=O)O)cc1. The molecule has 1 aromatic rings. The minimum atomic E-state index is -0.976. The van der Waals surface area contributed by atoms with Crippen molar-refractivity contribution in [2.45, 2.75) is 12.8 Å². The number of carbonyl (C=O) groups excluding carboxylic acids is 1.